The van der Waals surface area contributed by atoms with Gasteiger partial charge in [0.1, 0.15) is 0 Å². The van der Waals surface area contributed by atoms with Crippen LogP contribution in [0.5, 0.6) is 0 Å². The summed E-state index contributed by atoms with van der Waals surface area (Å²) in [6.07, 6.45) is 7.76. The van der Waals surface area contributed by atoms with Gasteiger partial charge in [-0.25, -0.2) is 0 Å². The molecule has 112 valence electrons. The van der Waals surface area contributed by atoms with Crippen LogP contribution in [-0.4, -0.2) is 54.6 Å². The highest BCUT2D eigenvalue weighted by molar-refractivity contribution is 5.04. The Morgan fingerprint density at radius 3 is 3.15 bits per heavy atom. The minimum atomic E-state index is 0.695. The first-order valence-corrected chi connectivity index (χ1v) is 8.03. The van der Waals surface area contributed by atoms with Crippen LogP contribution in [-0.2, 0) is 6.54 Å². The molecule has 3 heterocycles. The zero-order valence-electron chi connectivity index (χ0n) is 12.6. The van der Waals surface area contributed by atoms with Gasteiger partial charge < -0.3 is 9.73 Å². The first-order chi connectivity index (χ1) is 9.83. The lowest BCUT2D eigenvalue weighted by Crippen LogP contribution is -2.59. The summed E-state index contributed by atoms with van der Waals surface area (Å²) in [7, 11) is 0. The van der Waals surface area contributed by atoms with E-state index in [0.717, 1.165) is 25.7 Å². The fourth-order valence-electron chi connectivity index (χ4n) is 3.57. The van der Waals surface area contributed by atoms with E-state index in [2.05, 4.69) is 22.0 Å². The van der Waals surface area contributed by atoms with Gasteiger partial charge in [0.15, 0.2) is 0 Å². The lowest BCUT2D eigenvalue weighted by molar-refractivity contribution is 0.0160. The molecule has 0 radical (unpaired) electrons. The topological polar surface area (TPSA) is 31.6 Å². The number of hydrogen-bond donors (Lipinski definition) is 1. The number of rotatable bonds is 5. The molecule has 4 nitrogen and oxygen atoms in total. The SMILES string of the molecule is CC1CN2CCCCC2CN1CCNCc1ccoc1. The van der Waals surface area contributed by atoms with Crippen LogP contribution in [0.25, 0.3) is 0 Å². The van der Waals surface area contributed by atoms with Crippen LogP contribution < -0.4 is 5.32 Å². The van der Waals surface area contributed by atoms with Crippen molar-refractivity contribution in [1.29, 1.82) is 0 Å². The van der Waals surface area contributed by atoms with Crippen LogP contribution in [0, 0.1) is 0 Å². The van der Waals surface area contributed by atoms with E-state index < -0.39 is 0 Å². The van der Waals surface area contributed by atoms with Gasteiger partial charge >= 0.3 is 0 Å². The third-order valence-electron chi connectivity index (χ3n) is 4.80. The van der Waals surface area contributed by atoms with E-state index in [1.165, 1.54) is 44.5 Å². The first-order valence-electron chi connectivity index (χ1n) is 8.03. The summed E-state index contributed by atoms with van der Waals surface area (Å²) in [6, 6.07) is 3.53. The van der Waals surface area contributed by atoms with Gasteiger partial charge in [-0.1, -0.05) is 6.42 Å². The second-order valence-corrected chi connectivity index (χ2v) is 6.30. The van der Waals surface area contributed by atoms with Crippen LogP contribution in [0.3, 0.4) is 0 Å². The average Bonchev–Trinajstić information content (AvgIpc) is 2.97. The van der Waals surface area contributed by atoms with Gasteiger partial charge in [0, 0.05) is 50.4 Å². The van der Waals surface area contributed by atoms with E-state index in [-0.39, 0.29) is 0 Å². The molecule has 3 rings (SSSR count). The van der Waals surface area contributed by atoms with E-state index in [4.69, 9.17) is 4.42 Å². The van der Waals surface area contributed by atoms with Gasteiger partial charge in [-0.2, -0.15) is 0 Å². The Hall–Kier alpha value is -0.840. The van der Waals surface area contributed by atoms with Gasteiger partial charge in [-0.05, 0) is 32.4 Å². The summed E-state index contributed by atoms with van der Waals surface area (Å²) in [5, 5.41) is 3.51. The Kier molecular flexibility index (Phi) is 4.76. The van der Waals surface area contributed by atoms with Crippen molar-refractivity contribution in [3.05, 3.63) is 24.2 Å². The molecular weight excluding hydrogens is 250 g/mol. The highest BCUT2D eigenvalue weighted by Gasteiger charge is 2.32. The molecule has 4 heteroatoms. The summed E-state index contributed by atoms with van der Waals surface area (Å²) >= 11 is 0. The average molecular weight is 277 g/mol. The maximum atomic E-state index is 5.08. The summed E-state index contributed by atoms with van der Waals surface area (Å²) < 4.78 is 5.08. The van der Waals surface area contributed by atoms with E-state index >= 15 is 0 Å². The molecule has 1 aromatic rings. The summed E-state index contributed by atoms with van der Waals surface area (Å²) in [6.45, 7) is 9.34. The monoisotopic (exact) mass is 277 g/mol. The molecule has 2 aliphatic rings. The van der Waals surface area contributed by atoms with Crippen molar-refractivity contribution in [2.75, 3.05) is 32.7 Å². The number of piperidine rings is 1. The van der Waals surface area contributed by atoms with Crippen LogP contribution in [0.2, 0.25) is 0 Å². The molecule has 2 saturated heterocycles. The number of nitrogens with zero attached hydrogens (tertiary/aromatic N) is 2. The predicted molar refractivity (Wildman–Crippen MR) is 80.7 cm³/mol. The lowest BCUT2D eigenvalue weighted by atomic mass is 9.97. The van der Waals surface area contributed by atoms with E-state index in [1.807, 2.05) is 12.3 Å². The number of furan rings is 1. The van der Waals surface area contributed by atoms with Gasteiger partial charge in [-0.3, -0.25) is 9.80 Å². The van der Waals surface area contributed by atoms with Crippen molar-refractivity contribution >= 4 is 0 Å². The summed E-state index contributed by atoms with van der Waals surface area (Å²) in [5.41, 5.74) is 1.23. The van der Waals surface area contributed by atoms with E-state index in [1.54, 1.807) is 6.26 Å². The Balaban J connectivity index is 1.40. The van der Waals surface area contributed by atoms with Crippen LogP contribution >= 0.6 is 0 Å². The van der Waals surface area contributed by atoms with Crippen LogP contribution in [0.4, 0.5) is 0 Å². The van der Waals surface area contributed by atoms with Crippen molar-refractivity contribution in [2.45, 2.75) is 44.8 Å². The fourth-order valence-corrected chi connectivity index (χ4v) is 3.57. The Bertz CT molecular complexity index is 392. The number of nitrogens with one attached hydrogen (secondary N) is 1. The molecule has 2 fully saturated rings. The van der Waals surface area contributed by atoms with Crippen molar-refractivity contribution in [2.24, 2.45) is 0 Å². The molecule has 1 aromatic heterocycles. The molecule has 0 aromatic carbocycles. The maximum Gasteiger partial charge on any atom is 0.0947 e. The highest BCUT2D eigenvalue weighted by Crippen LogP contribution is 2.23. The minimum Gasteiger partial charge on any atom is -0.472 e. The smallest absolute Gasteiger partial charge is 0.0947 e. The van der Waals surface area contributed by atoms with E-state index in [0.29, 0.717) is 6.04 Å². The molecule has 0 aliphatic carbocycles. The predicted octanol–water partition coefficient (Wildman–Crippen LogP) is 1.93. The molecule has 0 spiro atoms. The fraction of sp³-hybridized carbons (Fsp3) is 0.750. The quantitative estimate of drug-likeness (QED) is 0.833. The van der Waals surface area contributed by atoms with Gasteiger partial charge in [0.2, 0.25) is 0 Å². The largest absolute Gasteiger partial charge is 0.472 e. The molecule has 0 amide bonds. The lowest BCUT2D eigenvalue weighted by Gasteiger charge is -2.47. The van der Waals surface area contributed by atoms with E-state index in [9.17, 15) is 0 Å². The second kappa shape index (κ2) is 6.74. The van der Waals surface area contributed by atoms with Crippen molar-refractivity contribution in [3.63, 3.8) is 0 Å². The molecule has 1 N–H and O–H groups in total. The first kappa shape index (κ1) is 14.1. The van der Waals surface area contributed by atoms with Crippen LogP contribution in [0.15, 0.2) is 23.0 Å². The zero-order valence-corrected chi connectivity index (χ0v) is 12.6. The Morgan fingerprint density at radius 2 is 2.30 bits per heavy atom. The maximum absolute atomic E-state index is 5.08. The minimum absolute atomic E-state index is 0.695. The van der Waals surface area contributed by atoms with Crippen molar-refractivity contribution < 1.29 is 4.42 Å². The molecule has 0 bridgehead atoms. The summed E-state index contributed by atoms with van der Waals surface area (Å²) in [5.74, 6) is 0. The van der Waals surface area contributed by atoms with Crippen LogP contribution in [0.1, 0.15) is 31.7 Å². The molecule has 2 atom stereocenters. The van der Waals surface area contributed by atoms with Crippen molar-refractivity contribution in [3.8, 4) is 0 Å². The molecule has 20 heavy (non-hydrogen) atoms. The number of fused-ring (bicyclic) bond motifs is 1. The molecule has 2 unspecified atom stereocenters. The Labute approximate surface area is 122 Å². The highest BCUT2D eigenvalue weighted by atomic mass is 16.3. The standard InChI is InChI=1S/C16H27N3O/c1-14-11-19-7-3-2-4-16(19)12-18(14)8-6-17-10-15-5-9-20-13-15/h5,9,13-14,16-17H,2-4,6-8,10-12H2,1H3. The second-order valence-electron chi connectivity index (χ2n) is 6.30. The molecular formula is C16H27N3O. The normalized spacial score (nSPS) is 28.4. The molecule has 2 aliphatic heterocycles. The Morgan fingerprint density at radius 1 is 1.35 bits per heavy atom. The van der Waals surface area contributed by atoms with Gasteiger partial charge in [0.05, 0.1) is 12.5 Å². The zero-order chi connectivity index (χ0) is 13.8. The third kappa shape index (κ3) is 3.43. The molecule has 0 saturated carbocycles. The third-order valence-corrected chi connectivity index (χ3v) is 4.80. The van der Waals surface area contributed by atoms with Gasteiger partial charge in [-0.15, -0.1) is 0 Å². The van der Waals surface area contributed by atoms with Gasteiger partial charge in [0.25, 0.3) is 0 Å². The van der Waals surface area contributed by atoms with Crippen molar-refractivity contribution in [1.82, 2.24) is 15.1 Å². The summed E-state index contributed by atoms with van der Waals surface area (Å²) in [4.78, 5) is 5.37. The number of hydrogen-bond acceptors (Lipinski definition) is 4. The number of piperazine rings is 1.